The molecule has 3 rings (SSSR count). The van der Waals surface area contributed by atoms with Gasteiger partial charge >= 0.3 is 5.69 Å². The Bertz CT molecular complexity index is 1190. The van der Waals surface area contributed by atoms with E-state index in [0.717, 1.165) is 10.1 Å². The molecule has 1 aromatic heterocycles. The van der Waals surface area contributed by atoms with E-state index in [2.05, 4.69) is 0 Å². The van der Waals surface area contributed by atoms with Crippen molar-refractivity contribution in [3.8, 4) is 5.75 Å². The minimum absolute atomic E-state index is 0.112. The highest BCUT2D eigenvalue weighted by molar-refractivity contribution is 6.34. The number of halogens is 2. The number of ketones is 1. The number of hydrogen-bond acceptors (Lipinski definition) is 5. The predicted octanol–water partition coefficient (Wildman–Crippen LogP) is 2.75. The van der Waals surface area contributed by atoms with Crippen LogP contribution in [0, 0.1) is 0 Å². The second-order valence-corrected chi connectivity index (χ2v) is 7.11. The van der Waals surface area contributed by atoms with Crippen LogP contribution in [0.15, 0.2) is 58.1 Å². The van der Waals surface area contributed by atoms with Crippen LogP contribution in [0.4, 0.5) is 5.82 Å². The van der Waals surface area contributed by atoms with Gasteiger partial charge in [0.25, 0.3) is 5.56 Å². The molecule has 0 radical (unpaired) electrons. The lowest BCUT2D eigenvalue weighted by Gasteiger charge is -2.15. The maximum Gasteiger partial charge on any atom is 0.332 e. The smallest absolute Gasteiger partial charge is 0.332 e. The number of aromatic nitrogens is 2. The summed E-state index contributed by atoms with van der Waals surface area (Å²) in [4.78, 5) is 37.8. The Morgan fingerprint density at radius 3 is 2.48 bits per heavy atom. The number of ether oxygens (including phenoxy) is 1. The topological polar surface area (TPSA) is 96.3 Å². The van der Waals surface area contributed by atoms with Gasteiger partial charge in [-0.3, -0.25) is 18.7 Å². The predicted molar refractivity (Wildman–Crippen MR) is 112 cm³/mol. The summed E-state index contributed by atoms with van der Waals surface area (Å²) in [6, 6.07) is 13.6. The molecule has 7 nitrogen and oxygen atoms in total. The number of Topliss-reactive ketones (excluding diaryl/α,β-unsaturated/α-hetero) is 1. The van der Waals surface area contributed by atoms with Gasteiger partial charge in [0.2, 0.25) is 5.78 Å². The molecule has 0 aliphatic carbocycles. The largest absolute Gasteiger partial charge is 0.484 e. The van der Waals surface area contributed by atoms with Crippen LogP contribution in [0.1, 0.15) is 15.9 Å². The second-order valence-electron chi connectivity index (χ2n) is 6.27. The number of nitrogens with two attached hydrogens (primary N) is 1. The van der Waals surface area contributed by atoms with Crippen molar-refractivity contribution in [2.75, 3.05) is 12.3 Å². The van der Waals surface area contributed by atoms with E-state index in [1.165, 1.54) is 23.7 Å². The molecular weight excluding hydrogens is 417 g/mol. The van der Waals surface area contributed by atoms with Crippen molar-refractivity contribution in [3.63, 3.8) is 0 Å². The zero-order valence-corrected chi connectivity index (χ0v) is 16.9. The summed E-state index contributed by atoms with van der Waals surface area (Å²) in [6.45, 7) is -0.385. The van der Waals surface area contributed by atoms with Crippen LogP contribution in [0.25, 0.3) is 0 Å². The Balaban J connectivity index is 1.96. The lowest BCUT2D eigenvalue weighted by Crippen LogP contribution is -2.43. The van der Waals surface area contributed by atoms with Gasteiger partial charge in [-0.25, -0.2) is 4.79 Å². The zero-order chi connectivity index (χ0) is 21.1. The van der Waals surface area contributed by atoms with E-state index in [9.17, 15) is 14.4 Å². The number of carbonyl (C=O) groups is 1. The summed E-state index contributed by atoms with van der Waals surface area (Å²) in [7, 11) is 1.29. The highest BCUT2D eigenvalue weighted by Crippen LogP contribution is 2.27. The van der Waals surface area contributed by atoms with Gasteiger partial charge in [-0.2, -0.15) is 0 Å². The number of rotatable bonds is 6. The maximum absolute atomic E-state index is 12.7. The van der Waals surface area contributed by atoms with Crippen molar-refractivity contribution in [3.05, 3.63) is 90.5 Å². The first kappa shape index (κ1) is 20.7. The molecule has 29 heavy (non-hydrogen) atoms. The molecule has 3 aromatic rings. The van der Waals surface area contributed by atoms with Gasteiger partial charge in [0.15, 0.2) is 6.61 Å². The Morgan fingerprint density at radius 2 is 1.79 bits per heavy atom. The molecule has 1 heterocycles. The average molecular weight is 434 g/mol. The van der Waals surface area contributed by atoms with Gasteiger partial charge in [-0.05, 0) is 17.7 Å². The molecule has 150 valence electrons. The summed E-state index contributed by atoms with van der Waals surface area (Å²) >= 11 is 11.9. The molecule has 0 saturated heterocycles. The van der Waals surface area contributed by atoms with Gasteiger partial charge in [-0.1, -0.05) is 53.5 Å². The van der Waals surface area contributed by atoms with Gasteiger partial charge in [-0.15, -0.1) is 0 Å². The van der Waals surface area contributed by atoms with E-state index >= 15 is 0 Å². The molecule has 0 bridgehead atoms. The molecule has 9 heteroatoms. The third-order valence-electron chi connectivity index (χ3n) is 4.30. The first-order valence-electron chi connectivity index (χ1n) is 8.54. The number of carbonyl (C=O) groups excluding carboxylic acids is 1. The standard InChI is InChI=1S/C20H17Cl2N3O4/c1-24-19(27)17(15(26)11-29-16-9-13(21)7-8-14(16)22)18(23)25(20(24)28)10-12-5-3-2-4-6-12/h2-9H,10-11,23H2,1H3. The van der Waals surface area contributed by atoms with E-state index in [0.29, 0.717) is 5.02 Å². The van der Waals surface area contributed by atoms with E-state index < -0.39 is 23.6 Å². The van der Waals surface area contributed by atoms with Gasteiger partial charge < -0.3 is 10.5 Å². The average Bonchev–Trinajstić information content (AvgIpc) is 2.71. The highest BCUT2D eigenvalue weighted by Gasteiger charge is 2.22. The fourth-order valence-electron chi connectivity index (χ4n) is 2.77. The molecule has 0 saturated carbocycles. The van der Waals surface area contributed by atoms with Crippen LogP contribution in [-0.2, 0) is 13.6 Å². The monoisotopic (exact) mass is 433 g/mol. The summed E-state index contributed by atoms with van der Waals surface area (Å²) in [5.41, 5.74) is 5.12. The van der Waals surface area contributed by atoms with E-state index in [4.69, 9.17) is 33.7 Å². The van der Waals surface area contributed by atoms with Crippen LogP contribution in [0.5, 0.6) is 5.75 Å². The van der Waals surface area contributed by atoms with Crippen molar-refractivity contribution < 1.29 is 9.53 Å². The molecule has 0 atom stereocenters. The van der Waals surface area contributed by atoms with E-state index in [-0.39, 0.29) is 28.7 Å². The SMILES string of the molecule is Cn1c(=O)c(C(=O)COc2cc(Cl)ccc2Cl)c(N)n(Cc2ccccc2)c1=O. The Kier molecular flexibility index (Phi) is 6.10. The normalized spacial score (nSPS) is 10.7. The van der Waals surface area contributed by atoms with Crippen molar-refractivity contribution >= 4 is 34.8 Å². The number of benzene rings is 2. The highest BCUT2D eigenvalue weighted by atomic mass is 35.5. The fourth-order valence-corrected chi connectivity index (χ4v) is 3.10. The van der Waals surface area contributed by atoms with Crippen LogP contribution in [-0.4, -0.2) is 21.5 Å². The third kappa shape index (κ3) is 4.36. The molecule has 0 unspecified atom stereocenters. The Labute approximate surface area is 175 Å². The lowest BCUT2D eigenvalue weighted by atomic mass is 10.2. The van der Waals surface area contributed by atoms with Crippen molar-refractivity contribution in [2.24, 2.45) is 7.05 Å². The summed E-state index contributed by atoms with van der Waals surface area (Å²) in [6.07, 6.45) is 0. The minimum Gasteiger partial charge on any atom is -0.484 e. The Morgan fingerprint density at radius 1 is 1.10 bits per heavy atom. The summed E-state index contributed by atoms with van der Waals surface area (Å²) in [5, 5.41) is 0.640. The number of nitrogen functional groups attached to an aromatic ring is 1. The van der Waals surface area contributed by atoms with Crippen LogP contribution in [0.2, 0.25) is 10.0 Å². The van der Waals surface area contributed by atoms with E-state index in [1.807, 2.05) is 30.3 Å². The molecule has 2 N–H and O–H groups in total. The zero-order valence-electron chi connectivity index (χ0n) is 15.4. The molecule has 0 aliphatic heterocycles. The second kappa shape index (κ2) is 8.55. The molecule has 0 spiro atoms. The van der Waals surface area contributed by atoms with Gasteiger partial charge in [0.05, 0.1) is 11.6 Å². The first-order valence-corrected chi connectivity index (χ1v) is 9.29. The molecule has 0 aliphatic rings. The minimum atomic E-state index is -0.789. The molecule has 2 aromatic carbocycles. The number of anilines is 1. The number of nitrogens with zero attached hydrogens (tertiary/aromatic N) is 2. The van der Waals surface area contributed by atoms with Crippen LogP contribution in [0.3, 0.4) is 0 Å². The lowest BCUT2D eigenvalue weighted by molar-refractivity contribution is 0.0919. The molecular formula is C20H17Cl2N3O4. The third-order valence-corrected chi connectivity index (χ3v) is 4.84. The van der Waals surface area contributed by atoms with Crippen molar-refractivity contribution in [1.29, 1.82) is 0 Å². The number of hydrogen-bond donors (Lipinski definition) is 1. The quantitative estimate of drug-likeness (QED) is 0.602. The fraction of sp³-hybridized carbons (Fsp3) is 0.150. The van der Waals surface area contributed by atoms with Gasteiger partial charge in [0, 0.05) is 18.1 Å². The summed E-state index contributed by atoms with van der Waals surface area (Å²) < 4.78 is 7.44. The molecule has 0 fully saturated rings. The van der Waals surface area contributed by atoms with Crippen LogP contribution >= 0.6 is 23.2 Å². The first-order chi connectivity index (χ1) is 13.8. The maximum atomic E-state index is 12.7. The van der Waals surface area contributed by atoms with E-state index in [1.54, 1.807) is 6.07 Å². The molecule has 0 amide bonds. The van der Waals surface area contributed by atoms with Gasteiger partial charge in [0.1, 0.15) is 17.1 Å². The van der Waals surface area contributed by atoms with Crippen molar-refractivity contribution in [1.82, 2.24) is 9.13 Å². The summed E-state index contributed by atoms with van der Waals surface area (Å²) in [5.74, 6) is -0.700. The van der Waals surface area contributed by atoms with Crippen molar-refractivity contribution in [2.45, 2.75) is 6.54 Å². The Hall–Kier alpha value is -3.03. The van der Waals surface area contributed by atoms with Crippen LogP contribution < -0.4 is 21.7 Å².